The van der Waals surface area contributed by atoms with Crippen molar-refractivity contribution in [1.82, 2.24) is 4.90 Å². The maximum Gasteiger partial charge on any atom is 0.119 e. The van der Waals surface area contributed by atoms with E-state index in [4.69, 9.17) is 0 Å². The molecule has 0 aliphatic heterocycles. The Kier molecular flexibility index (Phi) is 4.43. The van der Waals surface area contributed by atoms with Crippen LogP contribution in [0.1, 0.15) is 30.9 Å². The molecule has 2 heteroatoms. The molecule has 0 unspecified atom stereocenters. The van der Waals surface area contributed by atoms with E-state index in [1.165, 1.54) is 12.0 Å². The number of rotatable bonds is 5. The molecule has 2 nitrogen and oxygen atoms in total. The molecule has 0 saturated heterocycles. The second-order valence-electron chi connectivity index (χ2n) is 5.10. The summed E-state index contributed by atoms with van der Waals surface area (Å²) in [6.45, 7) is 8.17. The van der Waals surface area contributed by atoms with Crippen molar-refractivity contribution >= 4 is 0 Å². The highest BCUT2D eigenvalue weighted by Crippen LogP contribution is 2.30. The highest BCUT2D eigenvalue weighted by molar-refractivity contribution is 5.41. The fourth-order valence-electron chi connectivity index (χ4n) is 2.96. The van der Waals surface area contributed by atoms with E-state index in [1.54, 1.807) is 6.07 Å². The molecule has 1 aromatic rings. The predicted octanol–water partition coefficient (Wildman–Crippen LogP) is 3.15. The second-order valence-corrected chi connectivity index (χ2v) is 5.10. The van der Waals surface area contributed by atoms with Gasteiger partial charge in [-0.2, -0.15) is 0 Å². The maximum atomic E-state index is 9.86. The Balaban J connectivity index is 2.12. The molecule has 1 atom stereocenters. The average molecular weight is 245 g/mol. The van der Waals surface area contributed by atoms with Crippen LogP contribution >= 0.6 is 0 Å². The number of hydrogen-bond acceptors (Lipinski definition) is 2. The molecule has 0 amide bonds. The minimum atomic E-state index is 0.469. The fourth-order valence-corrected chi connectivity index (χ4v) is 2.96. The van der Waals surface area contributed by atoms with Gasteiger partial charge in [0.05, 0.1) is 0 Å². The first kappa shape index (κ1) is 13.2. The lowest BCUT2D eigenvalue weighted by atomic mass is 9.87. The van der Waals surface area contributed by atoms with Crippen molar-refractivity contribution in [2.24, 2.45) is 0 Å². The molecule has 1 aromatic carbocycles. The Bertz CT molecular complexity index is 414. The average Bonchev–Trinajstić information content (AvgIpc) is 2.38. The van der Waals surface area contributed by atoms with Crippen molar-refractivity contribution in [3.8, 4) is 5.75 Å². The topological polar surface area (TPSA) is 23.5 Å². The van der Waals surface area contributed by atoms with Crippen LogP contribution in [-0.2, 0) is 12.8 Å². The largest absolute Gasteiger partial charge is 0.508 e. The minimum Gasteiger partial charge on any atom is -0.508 e. The molecule has 0 heterocycles. The molecule has 0 saturated carbocycles. The normalized spacial score (nSPS) is 18.7. The Morgan fingerprint density at radius 2 is 2.33 bits per heavy atom. The van der Waals surface area contributed by atoms with Gasteiger partial charge in [-0.1, -0.05) is 25.1 Å². The number of phenols is 1. The summed E-state index contributed by atoms with van der Waals surface area (Å²) < 4.78 is 0. The van der Waals surface area contributed by atoms with E-state index >= 15 is 0 Å². The minimum absolute atomic E-state index is 0.469. The number of benzene rings is 1. The van der Waals surface area contributed by atoms with Crippen LogP contribution < -0.4 is 0 Å². The van der Waals surface area contributed by atoms with Crippen LogP contribution in [-0.4, -0.2) is 29.1 Å². The van der Waals surface area contributed by atoms with E-state index in [2.05, 4.69) is 24.5 Å². The quantitative estimate of drug-likeness (QED) is 0.806. The lowest BCUT2D eigenvalue weighted by molar-refractivity contribution is 0.198. The lowest BCUT2D eigenvalue weighted by Crippen LogP contribution is -2.39. The van der Waals surface area contributed by atoms with Gasteiger partial charge in [0.15, 0.2) is 0 Å². The molecule has 18 heavy (non-hydrogen) atoms. The third kappa shape index (κ3) is 2.75. The maximum absolute atomic E-state index is 9.86. The van der Waals surface area contributed by atoms with Crippen molar-refractivity contribution in [3.05, 3.63) is 42.0 Å². The van der Waals surface area contributed by atoms with Crippen molar-refractivity contribution in [2.75, 3.05) is 13.1 Å². The van der Waals surface area contributed by atoms with Gasteiger partial charge >= 0.3 is 0 Å². The summed E-state index contributed by atoms with van der Waals surface area (Å²) in [7, 11) is 0. The lowest BCUT2D eigenvalue weighted by Gasteiger charge is -2.34. The zero-order valence-corrected chi connectivity index (χ0v) is 11.2. The molecule has 2 rings (SSSR count). The summed E-state index contributed by atoms with van der Waals surface area (Å²) in [5.74, 6) is 0.469. The number of hydrogen-bond donors (Lipinski definition) is 1. The Morgan fingerprint density at radius 1 is 1.50 bits per heavy atom. The molecule has 1 aliphatic rings. The summed E-state index contributed by atoms with van der Waals surface area (Å²) in [5.41, 5.74) is 2.47. The van der Waals surface area contributed by atoms with Crippen LogP contribution in [0.4, 0.5) is 0 Å². The molecule has 0 spiro atoms. The van der Waals surface area contributed by atoms with Gasteiger partial charge in [-0.3, -0.25) is 4.90 Å². The Morgan fingerprint density at radius 3 is 3.06 bits per heavy atom. The van der Waals surface area contributed by atoms with Crippen molar-refractivity contribution in [2.45, 2.75) is 38.6 Å². The highest BCUT2D eigenvalue weighted by atomic mass is 16.3. The first-order valence-corrected chi connectivity index (χ1v) is 6.91. The molecular weight excluding hydrogens is 222 g/mol. The highest BCUT2D eigenvalue weighted by Gasteiger charge is 2.24. The fraction of sp³-hybridized carbons (Fsp3) is 0.500. The van der Waals surface area contributed by atoms with E-state index in [9.17, 15) is 5.11 Å². The molecule has 0 bridgehead atoms. The first-order valence-electron chi connectivity index (χ1n) is 6.91. The van der Waals surface area contributed by atoms with Crippen molar-refractivity contribution < 1.29 is 5.11 Å². The van der Waals surface area contributed by atoms with Crippen LogP contribution in [0.2, 0.25) is 0 Å². The molecule has 0 radical (unpaired) electrons. The second kappa shape index (κ2) is 6.05. The van der Waals surface area contributed by atoms with Crippen molar-refractivity contribution in [1.29, 1.82) is 0 Å². The number of aromatic hydroxyl groups is 1. The zero-order valence-electron chi connectivity index (χ0n) is 11.2. The SMILES string of the molecule is C=CCN(CCC)[C@H]1CCc2c(O)cccc2C1. The standard InChI is InChI=1S/C16H23NO/c1-3-10-17(11-4-2)14-8-9-15-13(12-14)6-5-7-16(15)18/h3,5-7,14,18H,1,4,8-12H2,2H3/t14-/m0/s1. The molecule has 98 valence electrons. The van der Waals surface area contributed by atoms with Crippen molar-refractivity contribution in [3.63, 3.8) is 0 Å². The number of phenolic OH excluding ortho intramolecular Hbond substituents is 1. The summed E-state index contributed by atoms with van der Waals surface area (Å²) in [4.78, 5) is 2.51. The first-order chi connectivity index (χ1) is 8.76. The van der Waals surface area contributed by atoms with Gasteiger partial charge in [-0.05, 0) is 49.4 Å². The molecule has 1 aliphatic carbocycles. The summed E-state index contributed by atoms with van der Waals surface area (Å²) >= 11 is 0. The van der Waals surface area contributed by atoms with E-state index in [-0.39, 0.29) is 0 Å². The van der Waals surface area contributed by atoms with Crippen LogP contribution in [0, 0.1) is 0 Å². The van der Waals surface area contributed by atoms with Gasteiger partial charge in [0.25, 0.3) is 0 Å². The number of fused-ring (bicyclic) bond motifs is 1. The van der Waals surface area contributed by atoms with Crippen LogP contribution in [0.5, 0.6) is 5.75 Å². The Labute approximate surface area is 110 Å². The summed E-state index contributed by atoms with van der Waals surface area (Å²) in [6, 6.07) is 6.50. The van der Waals surface area contributed by atoms with Crippen LogP contribution in [0.15, 0.2) is 30.9 Å². The monoisotopic (exact) mass is 245 g/mol. The predicted molar refractivity (Wildman–Crippen MR) is 76.0 cm³/mol. The molecular formula is C16H23NO. The Hall–Kier alpha value is -1.28. The molecule has 0 aromatic heterocycles. The van der Waals surface area contributed by atoms with Gasteiger partial charge < -0.3 is 5.11 Å². The summed E-state index contributed by atoms with van der Waals surface area (Å²) in [5, 5.41) is 9.86. The zero-order chi connectivity index (χ0) is 13.0. The van der Waals surface area contributed by atoms with Gasteiger partial charge in [-0.25, -0.2) is 0 Å². The smallest absolute Gasteiger partial charge is 0.119 e. The van der Waals surface area contributed by atoms with Crippen LogP contribution in [0.25, 0.3) is 0 Å². The van der Waals surface area contributed by atoms with Gasteiger partial charge in [0.1, 0.15) is 5.75 Å². The third-order valence-electron chi connectivity index (χ3n) is 3.82. The van der Waals surface area contributed by atoms with E-state index in [1.807, 2.05) is 12.1 Å². The molecule has 0 fully saturated rings. The third-order valence-corrected chi connectivity index (χ3v) is 3.82. The van der Waals surface area contributed by atoms with E-state index in [0.717, 1.165) is 37.9 Å². The van der Waals surface area contributed by atoms with E-state index < -0.39 is 0 Å². The number of nitrogens with zero attached hydrogens (tertiary/aromatic N) is 1. The van der Waals surface area contributed by atoms with Gasteiger partial charge in [0.2, 0.25) is 0 Å². The van der Waals surface area contributed by atoms with Gasteiger partial charge in [0, 0.05) is 12.6 Å². The van der Waals surface area contributed by atoms with Crippen LogP contribution in [0.3, 0.4) is 0 Å². The summed E-state index contributed by atoms with van der Waals surface area (Å²) in [6.07, 6.45) is 6.35. The van der Waals surface area contributed by atoms with Gasteiger partial charge in [-0.15, -0.1) is 6.58 Å². The molecule has 1 N–H and O–H groups in total. The van der Waals surface area contributed by atoms with E-state index in [0.29, 0.717) is 11.8 Å².